The van der Waals surface area contributed by atoms with E-state index in [0.29, 0.717) is 13.2 Å². The minimum absolute atomic E-state index is 0.213. The van der Waals surface area contributed by atoms with Crippen LogP contribution in [0.5, 0.6) is 0 Å². The van der Waals surface area contributed by atoms with Gasteiger partial charge in [-0.3, -0.25) is 4.40 Å². The summed E-state index contributed by atoms with van der Waals surface area (Å²) in [6, 6.07) is 5.85. The summed E-state index contributed by atoms with van der Waals surface area (Å²) in [5.41, 5.74) is 0.846. The third kappa shape index (κ3) is 2.84. The van der Waals surface area contributed by atoms with Crippen molar-refractivity contribution >= 4 is 11.7 Å². The smallest absolute Gasteiger partial charge is 0.409 e. The van der Waals surface area contributed by atoms with Gasteiger partial charge in [0.2, 0.25) is 0 Å². The van der Waals surface area contributed by atoms with Gasteiger partial charge < -0.3 is 9.64 Å². The van der Waals surface area contributed by atoms with Crippen molar-refractivity contribution in [2.45, 2.75) is 32.1 Å². The Bertz CT molecular complexity index is 625. The monoisotopic (exact) mass is 288 g/mol. The molecule has 0 aliphatic carbocycles. The Morgan fingerprint density at radius 2 is 2.33 bits per heavy atom. The number of carbonyl (C=O) groups is 1. The van der Waals surface area contributed by atoms with Crippen LogP contribution in [0.1, 0.15) is 37.9 Å². The molecule has 0 saturated carbocycles. The highest BCUT2D eigenvalue weighted by Crippen LogP contribution is 2.26. The molecular formula is C15H20N4O2. The van der Waals surface area contributed by atoms with Crippen LogP contribution in [0.4, 0.5) is 4.79 Å². The molecule has 1 aliphatic heterocycles. The van der Waals surface area contributed by atoms with E-state index in [1.54, 1.807) is 4.90 Å². The molecule has 1 unspecified atom stereocenters. The molecule has 0 radical (unpaired) electrons. The standard InChI is InChI=1S/C15H20N4O2/c1-2-10-21-15(20)18-8-5-6-12(11-18)14-17-16-13-7-3-4-9-19(13)14/h3-4,7,9,12H,2,5-6,8,10-11H2,1H3. The summed E-state index contributed by atoms with van der Waals surface area (Å²) in [5.74, 6) is 1.14. The van der Waals surface area contributed by atoms with Gasteiger partial charge in [0, 0.05) is 25.2 Å². The van der Waals surface area contributed by atoms with E-state index in [1.807, 2.05) is 35.7 Å². The van der Waals surface area contributed by atoms with Crippen LogP contribution >= 0.6 is 0 Å². The van der Waals surface area contributed by atoms with Gasteiger partial charge in [0.25, 0.3) is 0 Å². The molecule has 0 bridgehead atoms. The number of nitrogens with zero attached hydrogens (tertiary/aromatic N) is 4. The number of carbonyl (C=O) groups excluding carboxylic acids is 1. The molecule has 2 aromatic rings. The van der Waals surface area contributed by atoms with Crippen molar-refractivity contribution in [2.24, 2.45) is 0 Å². The molecule has 1 saturated heterocycles. The molecule has 3 rings (SSSR count). The molecule has 1 atom stereocenters. The lowest BCUT2D eigenvalue weighted by Gasteiger charge is -2.31. The first kappa shape index (κ1) is 13.9. The van der Waals surface area contributed by atoms with Crippen molar-refractivity contribution in [3.05, 3.63) is 30.2 Å². The number of fused-ring (bicyclic) bond motifs is 1. The number of aromatic nitrogens is 3. The van der Waals surface area contributed by atoms with Crippen LogP contribution in [0.3, 0.4) is 0 Å². The molecule has 1 amide bonds. The molecule has 1 fully saturated rings. The van der Waals surface area contributed by atoms with E-state index in [2.05, 4.69) is 10.2 Å². The average Bonchev–Trinajstić information content (AvgIpc) is 2.97. The van der Waals surface area contributed by atoms with Gasteiger partial charge in [-0.25, -0.2) is 4.79 Å². The van der Waals surface area contributed by atoms with Gasteiger partial charge in [-0.15, -0.1) is 10.2 Å². The number of ether oxygens (including phenoxy) is 1. The SMILES string of the molecule is CCCOC(=O)N1CCCC(c2nnc3ccccn23)C1. The van der Waals surface area contributed by atoms with Gasteiger partial charge in [-0.1, -0.05) is 13.0 Å². The topological polar surface area (TPSA) is 59.7 Å². The number of hydrogen-bond acceptors (Lipinski definition) is 4. The summed E-state index contributed by atoms with van der Waals surface area (Å²) >= 11 is 0. The Morgan fingerprint density at radius 1 is 1.43 bits per heavy atom. The average molecular weight is 288 g/mol. The summed E-state index contributed by atoms with van der Waals surface area (Å²) in [5, 5.41) is 8.50. The highest BCUT2D eigenvalue weighted by atomic mass is 16.6. The van der Waals surface area contributed by atoms with Crippen LogP contribution in [-0.2, 0) is 4.74 Å². The van der Waals surface area contributed by atoms with Crippen molar-refractivity contribution in [2.75, 3.05) is 19.7 Å². The largest absolute Gasteiger partial charge is 0.449 e. The normalized spacial score (nSPS) is 18.9. The van der Waals surface area contributed by atoms with Crippen LogP contribution in [0.25, 0.3) is 5.65 Å². The first-order valence-corrected chi connectivity index (χ1v) is 7.51. The summed E-state index contributed by atoms with van der Waals surface area (Å²) in [7, 11) is 0. The fourth-order valence-corrected chi connectivity index (χ4v) is 2.77. The fourth-order valence-electron chi connectivity index (χ4n) is 2.77. The Morgan fingerprint density at radius 3 is 3.19 bits per heavy atom. The Labute approximate surface area is 123 Å². The van der Waals surface area contributed by atoms with E-state index in [1.165, 1.54) is 0 Å². The lowest BCUT2D eigenvalue weighted by atomic mass is 9.97. The molecule has 21 heavy (non-hydrogen) atoms. The van der Waals surface area contributed by atoms with E-state index < -0.39 is 0 Å². The van der Waals surface area contributed by atoms with E-state index in [-0.39, 0.29) is 12.0 Å². The second-order valence-electron chi connectivity index (χ2n) is 5.39. The van der Waals surface area contributed by atoms with E-state index >= 15 is 0 Å². The maximum atomic E-state index is 12.0. The van der Waals surface area contributed by atoms with Crippen LogP contribution < -0.4 is 0 Å². The third-order valence-electron chi connectivity index (χ3n) is 3.81. The number of likely N-dealkylation sites (tertiary alicyclic amines) is 1. The predicted molar refractivity (Wildman–Crippen MR) is 78.2 cm³/mol. The van der Waals surface area contributed by atoms with Crippen molar-refractivity contribution in [1.29, 1.82) is 0 Å². The van der Waals surface area contributed by atoms with Gasteiger partial charge >= 0.3 is 6.09 Å². The third-order valence-corrected chi connectivity index (χ3v) is 3.81. The quantitative estimate of drug-likeness (QED) is 0.870. The Hall–Kier alpha value is -2.11. The Kier molecular flexibility index (Phi) is 4.03. The summed E-state index contributed by atoms with van der Waals surface area (Å²) in [6.07, 6.45) is 4.59. The molecule has 112 valence electrons. The van der Waals surface area contributed by atoms with Crippen molar-refractivity contribution in [3.63, 3.8) is 0 Å². The summed E-state index contributed by atoms with van der Waals surface area (Å²) in [4.78, 5) is 13.8. The second kappa shape index (κ2) is 6.11. The minimum atomic E-state index is -0.213. The molecule has 6 nitrogen and oxygen atoms in total. The van der Waals surface area contributed by atoms with Gasteiger partial charge in [-0.05, 0) is 31.4 Å². The fraction of sp³-hybridized carbons (Fsp3) is 0.533. The number of hydrogen-bond donors (Lipinski definition) is 0. The lowest BCUT2D eigenvalue weighted by molar-refractivity contribution is 0.0909. The number of rotatable bonds is 3. The first-order valence-electron chi connectivity index (χ1n) is 7.51. The maximum Gasteiger partial charge on any atom is 0.409 e. The van der Waals surface area contributed by atoms with Crippen LogP contribution in [0, 0.1) is 0 Å². The van der Waals surface area contributed by atoms with Gasteiger partial charge in [0.1, 0.15) is 5.82 Å². The molecule has 0 N–H and O–H groups in total. The molecule has 3 heterocycles. The van der Waals surface area contributed by atoms with Crippen molar-refractivity contribution in [1.82, 2.24) is 19.5 Å². The maximum absolute atomic E-state index is 12.0. The molecule has 6 heteroatoms. The zero-order valence-electron chi connectivity index (χ0n) is 12.2. The van der Waals surface area contributed by atoms with E-state index in [0.717, 1.165) is 37.3 Å². The zero-order valence-corrected chi connectivity index (χ0v) is 12.2. The van der Waals surface area contributed by atoms with Gasteiger partial charge in [0.05, 0.1) is 6.61 Å². The molecule has 0 spiro atoms. The number of piperidine rings is 1. The zero-order chi connectivity index (χ0) is 14.7. The highest BCUT2D eigenvalue weighted by molar-refractivity contribution is 5.67. The van der Waals surface area contributed by atoms with Crippen LogP contribution in [0.15, 0.2) is 24.4 Å². The minimum Gasteiger partial charge on any atom is -0.449 e. The molecule has 0 aromatic carbocycles. The van der Waals surface area contributed by atoms with Crippen molar-refractivity contribution in [3.8, 4) is 0 Å². The van der Waals surface area contributed by atoms with Gasteiger partial charge in [0.15, 0.2) is 5.65 Å². The lowest BCUT2D eigenvalue weighted by Crippen LogP contribution is -2.40. The number of pyridine rings is 1. The highest BCUT2D eigenvalue weighted by Gasteiger charge is 2.28. The van der Waals surface area contributed by atoms with Crippen LogP contribution in [0.2, 0.25) is 0 Å². The molecule has 1 aliphatic rings. The first-order chi connectivity index (χ1) is 10.3. The second-order valence-corrected chi connectivity index (χ2v) is 5.39. The number of amides is 1. The molecular weight excluding hydrogens is 268 g/mol. The molecule has 2 aromatic heterocycles. The predicted octanol–water partition coefficient (Wildman–Crippen LogP) is 2.46. The summed E-state index contributed by atoms with van der Waals surface area (Å²) in [6.45, 7) is 3.89. The Balaban J connectivity index is 1.75. The van der Waals surface area contributed by atoms with E-state index in [4.69, 9.17) is 4.74 Å². The summed E-state index contributed by atoms with van der Waals surface area (Å²) < 4.78 is 7.23. The van der Waals surface area contributed by atoms with Crippen molar-refractivity contribution < 1.29 is 9.53 Å². The van der Waals surface area contributed by atoms with Crippen LogP contribution in [-0.4, -0.2) is 45.3 Å². The van der Waals surface area contributed by atoms with E-state index in [9.17, 15) is 4.79 Å². The van der Waals surface area contributed by atoms with Gasteiger partial charge in [-0.2, -0.15) is 0 Å².